The first-order valence-corrected chi connectivity index (χ1v) is 12.8. The Morgan fingerprint density at radius 1 is 0.861 bits per heavy atom. The topological polar surface area (TPSA) is 79.4 Å². The molecule has 1 heterocycles. The van der Waals surface area contributed by atoms with Crippen LogP contribution in [0.15, 0.2) is 91.3 Å². The van der Waals surface area contributed by atoms with E-state index in [2.05, 4.69) is 10.3 Å². The Labute approximate surface area is 208 Å². The molecule has 9 heteroatoms. The van der Waals surface area contributed by atoms with E-state index in [4.69, 9.17) is 0 Å². The molecule has 1 amide bonds. The molecule has 4 aromatic rings. The molecule has 0 aliphatic heterocycles. The summed E-state index contributed by atoms with van der Waals surface area (Å²) in [4.78, 5) is 16.7. The number of benzene rings is 3. The number of hydrogen-bond donors (Lipinski definition) is 1. The number of carbonyl (C=O) groups is 1. The van der Waals surface area contributed by atoms with Crippen LogP contribution >= 0.6 is 0 Å². The molecule has 0 unspecified atom stereocenters. The van der Waals surface area contributed by atoms with Crippen LogP contribution in [0, 0.1) is 11.6 Å². The Balaban J connectivity index is 1.42. The lowest BCUT2D eigenvalue weighted by Crippen LogP contribution is -2.30. The van der Waals surface area contributed by atoms with E-state index in [-0.39, 0.29) is 18.1 Å². The lowest BCUT2D eigenvalue weighted by atomic mass is 10.1. The van der Waals surface area contributed by atoms with Crippen molar-refractivity contribution in [3.63, 3.8) is 0 Å². The molecule has 0 aliphatic carbocycles. The quantitative estimate of drug-likeness (QED) is 0.357. The predicted octanol–water partition coefficient (Wildman–Crippen LogP) is 5.17. The molecule has 0 saturated heterocycles. The number of nitrogens with one attached hydrogen (secondary N) is 1. The molecule has 0 radical (unpaired) electrons. The minimum absolute atomic E-state index is 0.178. The van der Waals surface area contributed by atoms with Gasteiger partial charge in [0.15, 0.2) is 0 Å². The number of rotatable bonds is 8. The molecule has 184 valence electrons. The SMILES string of the molecule is CS(=O)(=O)N(Cc1ccc(C(=O)Nc2ccc(Cc3ccncc3)cc2)cc1)c1ccc(F)cc1F. The van der Waals surface area contributed by atoms with Gasteiger partial charge in [-0.1, -0.05) is 24.3 Å². The summed E-state index contributed by atoms with van der Waals surface area (Å²) in [6, 6.07) is 20.4. The van der Waals surface area contributed by atoms with Gasteiger partial charge in [-0.05, 0) is 71.6 Å². The number of nitrogens with zero attached hydrogens (tertiary/aromatic N) is 2. The van der Waals surface area contributed by atoms with Gasteiger partial charge in [-0.25, -0.2) is 17.2 Å². The zero-order valence-electron chi connectivity index (χ0n) is 19.4. The summed E-state index contributed by atoms with van der Waals surface area (Å²) in [6.45, 7) is -0.178. The van der Waals surface area contributed by atoms with Crippen LogP contribution in [0.25, 0.3) is 0 Å². The summed E-state index contributed by atoms with van der Waals surface area (Å²) >= 11 is 0. The van der Waals surface area contributed by atoms with Crippen LogP contribution in [-0.2, 0) is 23.0 Å². The molecule has 3 aromatic carbocycles. The molecule has 0 atom stereocenters. The fourth-order valence-corrected chi connectivity index (χ4v) is 4.53. The Morgan fingerprint density at radius 2 is 1.47 bits per heavy atom. The summed E-state index contributed by atoms with van der Waals surface area (Å²) in [5, 5.41) is 2.83. The van der Waals surface area contributed by atoms with Gasteiger partial charge in [0.25, 0.3) is 5.91 Å². The number of hydrogen-bond acceptors (Lipinski definition) is 4. The van der Waals surface area contributed by atoms with Crippen molar-refractivity contribution in [2.75, 3.05) is 15.9 Å². The van der Waals surface area contributed by atoms with Crippen molar-refractivity contribution in [2.45, 2.75) is 13.0 Å². The first-order valence-electron chi connectivity index (χ1n) is 11.0. The van der Waals surface area contributed by atoms with Gasteiger partial charge in [-0.2, -0.15) is 0 Å². The first-order chi connectivity index (χ1) is 17.2. The van der Waals surface area contributed by atoms with Crippen molar-refractivity contribution < 1.29 is 22.0 Å². The van der Waals surface area contributed by atoms with Crippen molar-refractivity contribution in [3.05, 3.63) is 125 Å². The normalized spacial score (nSPS) is 11.2. The minimum Gasteiger partial charge on any atom is -0.322 e. The molecule has 0 aliphatic rings. The molecule has 6 nitrogen and oxygen atoms in total. The first kappa shape index (κ1) is 25.0. The number of anilines is 2. The number of carbonyl (C=O) groups excluding carboxylic acids is 1. The van der Waals surface area contributed by atoms with Gasteiger partial charge in [-0.3, -0.25) is 14.1 Å². The van der Waals surface area contributed by atoms with Gasteiger partial charge >= 0.3 is 0 Å². The number of sulfonamides is 1. The standard InChI is InChI=1S/C27H23F2N3O3S/c1-36(34,35)32(26-11-8-23(28)17-25(26)29)18-21-2-6-22(7-3-21)27(33)31-24-9-4-19(5-10-24)16-20-12-14-30-15-13-20/h2-15,17H,16,18H2,1H3,(H,31,33). The Morgan fingerprint density at radius 3 is 2.08 bits per heavy atom. The molecular formula is C27H23F2N3O3S. The molecule has 0 spiro atoms. The monoisotopic (exact) mass is 507 g/mol. The zero-order valence-corrected chi connectivity index (χ0v) is 20.2. The molecule has 0 bridgehead atoms. The minimum atomic E-state index is -3.85. The van der Waals surface area contributed by atoms with Gasteiger partial charge in [-0.15, -0.1) is 0 Å². The van der Waals surface area contributed by atoms with E-state index < -0.39 is 21.7 Å². The summed E-state index contributed by atoms with van der Waals surface area (Å²) in [5.41, 5.74) is 3.51. The van der Waals surface area contributed by atoms with E-state index in [1.807, 2.05) is 36.4 Å². The average molecular weight is 508 g/mol. The van der Waals surface area contributed by atoms with Gasteiger partial charge in [0, 0.05) is 29.7 Å². The van der Waals surface area contributed by atoms with E-state index in [9.17, 15) is 22.0 Å². The van der Waals surface area contributed by atoms with E-state index in [0.29, 0.717) is 22.9 Å². The van der Waals surface area contributed by atoms with Crippen LogP contribution in [0.5, 0.6) is 0 Å². The van der Waals surface area contributed by atoms with E-state index >= 15 is 0 Å². The highest BCUT2D eigenvalue weighted by atomic mass is 32.2. The summed E-state index contributed by atoms with van der Waals surface area (Å²) in [7, 11) is -3.85. The third kappa shape index (κ3) is 6.31. The highest BCUT2D eigenvalue weighted by Gasteiger charge is 2.22. The number of halogens is 2. The lowest BCUT2D eigenvalue weighted by molar-refractivity contribution is 0.102. The fourth-order valence-electron chi connectivity index (χ4n) is 3.64. The molecule has 0 saturated carbocycles. The van der Waals surface area contributed by atoms with Crippen molar-refractivity contribution in [1.29, 1.82) is 0 Å². The number of pyridine rings is 1. The van der Waals surface area contributed by atoms with Gasteiger partial charge in [0.2, 0.25) is 10.0 Å². The molecule has 4 rings (SSSR count). The van der Waals surface area contributed by atoms with Gasteiger partial charge in [0.05, 0.1) is 18.5 Å². The van der Waals surface area contributed by atoms with Crippen LogP contribution in [0.3, 0.4) is 0 Å². The van der Waals surface area contributed by atoms with Gasteiger partial charge < -0.3 is 5.32 Å². The van der Waals surface area contributed by atoms with Crippen LogP contribution < -0.4 is 9.62 Å². The maximum atomic E-state index is 14.2. The average Bonchev–Trinajstić information content (AvgIpc) is 2.84. The fraction of sp³-hybridized carbons (Fsp3) is 0.111. The van der Waals surface area contributed by atoms with Crippen LogP contribution in [-0.4, -0.2) is 25.6 Å². The van der Waals surface area contributed by atoms with Crippen molar-refractivity contribution in [1.82, 2.24) is 4.98 Å². The molecule has 36 heavy (non-hydrogen) atoms. The maximum absolute atomic E-state index is 14.2. The van der Waals surface area contributed by atoms with Crippen LogP contribution in [0.1, 0.15) is 27.0 Å². The van der Waals surface area contributed by atoms with E-state index in [1.165, 1.54) is 0 Å². The molecule has 1 N–H and O–H groups in total. The highest BCUT2D eigenvalue weighted by molar-refractivity contribution is 7.92. The third-order valence-electron chi connectivity index (χ3n) is 5.49. The summed E-state index contributed by atoms with van der Waals surface area (Å²) in [6.07, 6.45) is 5.19. The summed E-state index contributed by atoms with van der Waals surface area (Å²) in [5.74, 6) is -2.11. The molecule has 1 aromatic heterocycles. The number of aromatic nitrogens is 1. The number of amides is 1. The second kappa shape index (κ2) is 10.7. The molecule has 0 fully saturated rings. The Bertz CT molecular complexity index is 1460. The van der Waals surface area contributed by atoms with Crippen LogP contribution in [0.2, 0.25) is 0 Å². The largest absolute Gasteiger partial charge is 0.322 e. The Kier molecular flexibility index (Phi) is 7.40. The third-order valence-corrected chi connectivity index (χ3v) is 6.62. The smallest absolute Gasteiger partial charge is 0.255 e. The van der Waals surface area contributed by atoms with E-state index in [0.717, 1.165) is 40.2 Å². The Hall–Kier alpha value is -4.11. The lowest BCUT2D eigenvalue weighted by Gasteiger charge is -2.23. The highest BCUT2D eigenvalue weighted by Crippen LogP contribution is 2.25. The van der Waals surface area contributed by atoms with Gasteiger partial charge in [0.1, 0.15) is 11.6 Å². The zero-order chi connectivity index (χ0) is 25.7. The summed E-state index contributed by atoms with van der Waals surface area (Å²) < 4.78 is 52.9. The maximum Gasteiger partial charge on any atom is 0.255 e. The van der Waals surface area contributed by atoms with Crippen LogP contribution in [0.4, 0.5) is 20.2 Å². The van der Waals surface area contributed by atoms with Crippen molar-refractivity contribution in [2.24, 2.45) is 0 Å². The second-order valence-electron chi connectivity index (χ2n) is 8.25. The predicted molar refractivity (Wildman–Crippen MR) is 135 cm³/mol. The van der Waals surface area contributed by atoms with E-state index in [1.54, 1.807) is 36.7 Å². The second-order valence-corrected chi connectivity index (χ2v) is 10.2. The van der Waals surface area contributed by atoms with Crippen molar-refractivity contribution >= 4 is 27.3 Å². The molecular weight excluding hydrogens is 484 g/mol. The van der Waals surface area contributed by atoms with Crippen molar-refractivity contribution in [3.8, 4) is 0 Å².